The van der Waals surface area contributed by atoms with E-state index in [2.05, 4.69) is 4.98 Å². The molecule has 1 aromatic rings. The molecule has 0 aromatic carbocycles. The van der Waals surface area contributed by atoms with E-state index in [0.29, 0.717) is 11.4 Å². The summed E-state index contributed by atoms with van der Waals surface area (Å²) in [6.07, 6.45) is 0.914. The minimum atomic E-state index is -0.989. The van der Waals surface area contributed by atoms with Gasteiger partial charge in [-0.1, -0.05) is 0 Å². The lowest BCUT2D eigenvalue weighted by atomic mass is 10.2. The van der Waals surface area contributed by atoms with Gasteiger partial charge in [0.1, 0.15) is 11.9 Å². The summed E-state index contributed by atoms with van der Waals surface area (Å²) in [5, 5.41) is 18.7. The molecule has 1 saturated heterocycles. The highest BCUT2D eigenvalue weighted by Crippen LogP contribution is 2.24. The maximum atomic E-state index is 11.7. The Morgan fingerprint density at radius 2 is 2.10 bits per heavy atom. The van der Waals surface area contributed by atoms with Gasteiger partial charge in [-0.05, 0) is 12.1 Å². The zero-order valence-electron chi connectivity index (χ0n) is 11.4. The standard InChI is InChI=1S/C13H17N3O4/c1-15(2)12(18)8-3-4-11(14-6-8)16-7-9(17)5-10(16)13(19)20/h3-4,6,9-10,17H,5,7H2,1-2H3,(H,19,20). The lowest BCUT2D eigenvalue weighted by Crippen LogP contribution is -2.36. The highest BCUT2D eigenvalue weighted by Gasteiger charge is 2.36. The molecule has 2 unspecified atom stereocenters. The number of aliphatic hydroxyl groups excluding tert-OH is 1. The molecule has 2 atom stereocenters. The van der Waals surface area contributed by atoms with Crippen molar-refractivity contribution in [3.63, 3.8) is 0 Å². The number of hydrogen-bond acceptors (Lipinski definition) is 5. The Labute approximate surface area is 116 Å². The third-order valence-electron chi connectivity index (χ3n) is 3.26. The summed E-state index contributed by atoms with van der Waals surface area (Å²) in [4.78, 5) is 30.0. The van der Waals surface area contributed by atoms with E-state index in [9.17, 15) is 14.7 Å². The lowest BCUT2D eigenvalue weighted by molar-refractivity contribution is -0.138. The molecule has 1 fully saturated rings. The molecule has 0 bridgehead atoms. The molecule has 1 aromatic heterocycles. The number of β-amino-alcohol motifs (C(OH)–C–C–N with tert-alkyl or cyclic N) is 1. The van der Waals surface area contributed by atoms with Gasteiger partial charge >= 0.3 is 5.97 Å². The second-order valence-electron chi connectivity index (χ2n) is 5.00. The van der Waals surface area contributed by atoms with Crippen molar-refractivity contribution in [3.8, 4) is 0 Å². The number of aromatic nitrogens is 1. The van der Waals surface area contributed by atoms with Gasteiger partial charge in [-0.15, -0.1) is 0 Å². The van der Waals surface area contributed by atoms with Crippen LogP contribution in [-0.4, -0.2) is 64.8 Å². The Balaban J connectivity index is 2.21. The topological polar surface area (TPSA) is 94.0 Å². The molecule has 1 aliphatic heterocycles. The number of nitrogens with zero attached hydrogens (tertiary/aromatic N) is 3. The predicted octanol–water partition coefficient (Wildman–Crippen LogP) is -0.192. The molecule has 2 rings (SSSR count). The van der Waals surface area contributed by atoms with Crippen molar-refractivity contribution in [3.05, 3.63) is 23.9 Å². The van der Waals surface area contributed by atoms with E-state index in [-0.39, 0.29) is 18.9 Å². The first-order valence-electron chi connectivity index (χ1n) is 6.25. The lowest BCUT2D eigenvalue weighted by Gasteiger charge is -2.22. The van der Waals surface area contributed by atoms with E-state index in [1.165, 1.54) is 16.0 Å². The highest BCUT2D eigenvalue weighted by atomic mass is 16.4. The van der Waals surface area contributed by atoms with Gasteiger partial charge in [-0.3, -0.25) is 4.79 Å². The highest BCUT2D eigenvalue weighted by molar-refractivity contribution is 5.93. The maximum absolute atomic E-state index is 11.7. The zero-order valence-corrected chi connectivity index (χ0v) is 11.4. The van der Waals surface area contributed by atoms with E-state index in [1.807, 2.05) is 0 Å². The summed E-state index contributed by atoms with van der Waals surface area (Å²) in [5.41, 5.74) is 0.436. The van der Waals surface area contributed by atoms with E-state index in [0.717, 1.165) is 0 Å². The van der Waals surface area contributed by atoms with Crippen molar-refractivity contribution in [2.24, 2.45) is 0 Å². The van der Waals surface area contributed by atoms with Crippen LogP contribution < -0.4 is 4.90 Å². The van der Waals surface area contributed by atoms with Gasteiger partial charge in [0, 0.05) is 33.3 Å². The SMILES string of the molecule is CN(C)C(=O)c1ccc(N2CC(O)CC2C(=O)O)nc1. The van der Waals surface area contributed by atoms with Crippen molar-refractivity contribution < 1.29 is 19.8 Å². The molecule has 7 nitrogen and oxygen atoms in total. The van der Waals surface area contributed by atoms with Crippen LogP contribution in [0.4, 0.5) is 5.82 Å². The fourth-order valence-electron chi connectivity index (χ4n) is 2.24. The molecular formula is C13H17N3O4. The van der Waals surface area contributed by atoms with Gasteiger partial charge in [0.15, 0.2) is 0 Å². The number of amides is 1. The predicted molar refractivity (Wildman–Crippen MR) is 71.6 cm³/mol. The summed E-state index contributed by atoms with van der Waals surface area (Å²) in [6.45, 7) is 0.227. The number of carbonyl (C=O) groups is 2. The molecule has 7 heteroatoms. The van der Waals surface area contributed by atoms with Gasteiger partial charge in [0.25, 0.3) is 5.91 Å². The first-order valence-corrected chi connectivity index (χ1v) is 6.25. The van der Waals surface area contributed by atoms with Crippen molar-refractivity contribution in [1.82, 2.24) is 9.88 Å². The monoisotopic (exact) mass is 279 g/mol. The van der Waals surface area contributed by atoms with Crippen molar-refractivity contribution in [1.29, 1.82) is 0 Å². The van der Waals surface area contributed by atoms with E-state index >= 15 is 0 Å². The van der Waals surface area contributed by atoms with Crippen LogP contribution in [0.15, 0.2) is 18.3 Å². The first kappa shape index (κ1) is 14.3. The van der Waals surface area contributed by atoms with E-state index in [4.69, 9.17) is 5.11 Å². The summed E-state index contributed by atoms with van der Waals surface area (Å²) < 4.78 is 0. The number of pyridine rings is 1. The van der Waals surface area contributed by atoms with E-state index < -0.39 is 18.1 Å². The van der Waals surface area contributed by atoms with Crippen LogP contribution >= 0.6 is 0 Å². The molecule has 2 N–H and O–H groups in total. The van der Waals surface area contributed by atoms with Crippen molar-refractivity contribution >= 4 is 17.7 Å². The average molecular weight is 279 g/mol. The Morgan fingerprint density at radius 3 is 2.60 bits per heavy atom. The van der Waals surface area contributed by atoms with Crippen LogP contribution in [0.1, 0.15) is 16.8 Å². The van der Waals surface area contributed by atoms with E-state index in [1.54, 1.807) is 26.2 Å². The zero-order chi connectivity index (χ0) is 14.9. The molecule has 108 valence electrons. The Morgan fingerprint density at radius 1 is 1.40 bits per heavy atom. The van der Waals surface area contributed by atoms with Crippen LogP contribution in [0.5, 0.6) is 0 Å². The number of rotatable bonds is 3. The number of anilines is 1. The number of aliphatic carboxylic acids is 1. The minimum absolute atomic E-state index is 0.166. The van der Waals surface area contributed by atoms with Crippen molar-refractivity contribution in [2.45, 2.75) is 18.6 Å². The maximum Gasteiger partial charge on any atom is 0.326 e. The Kier molecular flexibility index (Phi) is 3.89. The normalized spacial score (nSPS) is 21.9. The third kappa shape index (κ3) is 2.72. The summed E-state index contributed by atoms with van der Waals surface area (Å²) in [6, 6.07) is 2.42. The molecule has 20 heavy (non-hydrogen) atoms. The Hall–Kier alpha value is -2.15. The largest absolute Gasteiger partial charge is 0.480 e. The van der Waals surface area contributed by atoms with Crippen LogP contribution in [0, 0.1) is 0 Å². The minimum Gasteiger partial charge on any atom is -0.480 e. The molecule has 1 amide bonds. The molecule has 0 saturated carbocycles. The second-order valence-corrected chi connectivity index (χ2v) is 5.00. The molecule has 0 aliphatic carbocycles. The molecule has 0 spiro atoms. The third-order valence-corrected chi connectivity index (χ3v) is 3.26. The summed E-state index contributed by atoms with van der Waals surface area (Å²) in [5.74, 6) is -0.707. The molecule has 0 radical (unpaired) electrons. The number of hydrogen-bond donors (Lipinski definition) is 2. The number of carboxylic acid groups (broad SMARTS) is 1. The first-order chi connectivity index (χ1) is 9.40. The van der Waals surface area contributed by atoms with Crippen molar-refractivity contribution in [2.75, 3.05) is 25.5 Å². The fourth-order valence-corrected chi connectivity index (χ4v) is 2.24. The smallest absolute Gasteiger partial charge is 0.326 e. The number of aliphatic hydroxyl groups is 1. The number of carboxylic acids is 1. The molecule has 2 heterocycles. The van der Waals surface area contributed by atoms with Gasteiger partial charge in [0.2, 0.25) is 0 Å². The Bertz CT molecular complexity index is 515. The van der Waals surface area contributed by atoms with Gasteiger partial charge < -0.3 is 20.0 Å². The van der Waals surface area contributed by atoms with Crippen LogP contribution in [0.2, 0.25) is 0 Å². The van der Waals surface area contributed by atoms with Gasteiger partial charge in [-0.25, -0.2) is 9.78 Å². The second kappa shape index (κ2) is 5.46. The van der Waals surface area contributed by atoms with Crippen LogP contribution in [0.3, 0.4) is 0 Å². The fraction of sp³-hybridized carbons (Fsp3) is 0.462. The van der Waals surface area contributed by atoms with Gasteiger partial charge in [0.05, 0.1) is 11.7 Å². The molecule has 1 aliphatic rings. The van der Waals surface area contributed by atoms with Gasteiger partial charge in [-0.2, -0.15) is 0 Å². The van der Waals surface area contributed by atoms with Crippen LogP contribution in [-0.2, 0) is 4.79 Å². The quantitative estimate of drug-likeness (QED) is 0.796. The summed E-state index contributed by atoms with van der Waals surface area (Å²) >= 11 is 0. The van der Waals surface area contributed by atoms with Crippen LogP contribution in [0.25, 0.3) is 0 Å². The summed E-state index contributed by atoms with van der Waals surface area (Å²) in [7, 11) is 3.29. The number of carbonyl (C=O) groups excluding carboxylic acids is 1. The average Bonchev–Trinajstić information content (AvgIpc) is 2.80. The molecular weight excluding hydrogens is 262 g/mol.